The van der Waals surface area contributed by atoms with Crippen molar-refractivity contribution >= 4 is 35.5 Å². The fourth-order valence-electron chi connectivity index (χ4n) is 2.84. The minimum absolute atomic E-state index is 0.0743. The standard InChI is InChI=1S/C20H36N6O8/c1-4-9(2)15(18(31)24-12(20(33)34)6-8-14(23)29)25-19(32)16(10(3)27)26-17(30)11(21)5-7-13(22)28/h9-12,15-16,27H,4-8,21H2,1-3H3,(H2,22,28)(H2,23,29)(H,24,31)(H,25,32)(H,26,30)(H,33,34). The van der Waals surface area contributed by atoms with E-state index in [0.29, 0.717) is 6.42 Å². The van der Waals surface area contributed by atoms with Crippen molar-refractivity contribution in [1.82, 2.24) is 16.0 Å². The zero-order valence-corrected chi connectivity index (χ0v) is 19.6. The van der Waals surface area contributed by atoms with Crippen molar-refractivity contribution in [2.75, 3.05) is 0 Å². The number of rotatable bonds is 16. The number of aliphatic hydroxyl groups is 1. The van der Waals surface area contributed by atoms with Crippen LogP contribution >= 0.6 is 0 Å². The smallest absolute Gasteiger partial charge is 0.326 e. The molecule has 0 fully saturated rings. The van der Waals surface area contributed by atoms with Gasteiger partial charge in [-0.2, -0.15) is 0 Å². The average molecular weight is 489 g/mol. The zero-order chi connectivity index (χ0) is 26.6. The fraction of sp³-hybridized carbons (Fsp3) is 0.700. The molecule has 0 aromatic rings. The monoisotopic (exact) mass is 488 g/mol. The lowest BCUT2D eigenvalue weighted by Crippen LogP contribution is -2.61. The largest absolute Gasteiger partial charge is 0.480 e. The van der Waals surface area contributed by atoms with Gasteiger partial charge in [-0.3, -0.25) is 24.0 Å². The Hall–Kier alpha value is -3.26. The first kappa shape index (κ1) is 30.7. The fourth-order valence-corrected chi connectivity index (χ4v) is 2.84. The highest BCUT2D eigenvalue weighted by atomic mass is 16.4. The van der Waals surface area contributed by atoms with E-state index in [4.69, 9.17) is 17.2 Å². The van der Waals surface area contributed by atoms with Gasteiger partial charge in [0.15, 0.2) is 0 Å². The Morgan fingerprint density at radius 3 is 1.71 bits per heavy atom. The van der Waals surface area contributed by atoms with Crippen molar-refractivity contribution in [1.29, 1.82) is 0 Å². The normalized spacial score (nSPS) is 16.1. The van der Waals surface area contributed by atoms with Gasteiger partial charge in [-0.05, 0) is 25.7 Å². The summed E-state index contributed by atoms with van der Waals surface area (Å²) in [6, 6.07) is -5.29. The van der Waals surface area contributed by atoms with Gasteiger partial charge in [-0.1, -0.05) is 20.3 Å². The Morgan fingerprint density at radius 1 is 0.794 bits per heavy atom. The molecule has 194 valence electrons. The Morgan fingerprint density at radius 2 is 1.26 bits per heavy atom. The summed E-state index contributed by atoms with van der Waals surface area (Å²) in [7, 11) is 0. The van der Waals surface area contributed by atoms with Crippen LogP contribution < -0.4 is 33.2 Å². The molecule has 11 N–H and O–H groups in total. The summed E-state index contributed by atoms with van der Waals surface area (Å²) < 4.78 is 0. The maximum atomic E-state index is 12.8. The molecular weight excluding hydrogens is 452 g/mol. The first-order chi connectivity index (χ1) is 15.7. The number of primary amides is 2. The Bertz CT molecular complexity index is 759. The van der Waals surface area contributed by atoms with E-state index in [1.54, 1.807) is 13.8 Å². The van der Waals surface area contributed by atoms with Gasteiger partial charge in [0.25, 0.3) is 0 Å². The number of nitrogens with one attached hydrogen (secondary N) is 3. The summed E-state index contributed by atoms with van der Waals surface area (Å²) in [6.45, 7) is 4.62. The molecule has 14 nitrogen and oxygen atoms in total. The van der Waals surface area contributed by atoms with E-state index >= 15 is 0 Å². The SMILES string of the molecule is CCC(C)C(NC(=O)C(NC(=O)C(N)CCC(N)=O)C(C)O)C(=O)NC(CCC(N)=O)C(=O)O. The van der Waals surface area contributed by atoms with Crippen LogP contribution in [0.1, 0.15) is 52.9 Å². The molecule has 0 aromatic heterocycles. The van der Waals surface area contributed by atoms with Crippen molar-refractivity contribution in [3.63, 3.8) is 0 Å². The molecule has 0 aromatic carbocycles. The summed E-state index contributed by atoms with van der Waals surface area (Å²) in [5.74, 6) is -5.80. The van der Waals surface area contributed by atoms with Crippen LogP contribution in [0.25, 0.3) is 0 Å². The molecule has 0 aliphatic heterocycles. The lowest BCUT2D eigenvalue weighted by atomic mass is 9.96. The molecule has 34 heavy (non-hydrogen) atoms. The van der Waals surface area contributed by atoms with Crippen LogP contribution in [0.5, 0.6) is 0 Å². The second kappa shape index (κ2) is 14.8. The molecule has 0 saturated heterocycles. The number of carboxylic acid groups (broad SMARTS) is 1. The molecule has 14 heteroatoms. The van der Waals surface area contributed by atoms with Crippen molar-refractivity contribution in [2.45, 2.75) is 83.1 Å². The van der Waals surface area contributed by atoms with Gasteiger partial charge in [0.1, 0.15) is 18.1 Å². The summed E-state index contributed by atoms with van der Waals surface area (Å²) in [5, 5.41) is 26.3. The second-order valence-electron chi connectivity index (χ2n) is 8.11. The molecule has 0 aliphatic carbocycles. The highest BCUT2D eigenvalue weighted by Gasteiger charge is 2.34. The number of amides is 5. The first-order valence-electron chi connectivity index (χ1n) is 10.8. The maximum absolute atomic E-state index is 12.8. The lowest BCUT2D eigenvalue weighted by Gasteiger charge is -2.29. The second-order valence-corrected chi connectivity index (χ2v) is 8.11. The molecule has 0 saturated carbocycles. The van der Waals surface area contributed by atoms with Crippen LogP contribution in [-0.2, 0) is 28.8 Å². The number of nitrogens with two attached hydrogens (primary N) is 3. The predicted octanol–water partition coefficient (Wildman–Crippen LogP) is -3.19. The molecule has 0 aliphatic rings. The highest BCUT2D eigenvalue weighted by molar-refractivity contribution is 5.94. The minimum atomic E-state index is -1.49. The van der Waals surface area contributed by atoms with E-state index in [2.05, 4.69) is 16.0 Å². The number of aliphatic carboxylic acids is 1. The molecular formula is C20H36N6O8. The van der Waals surface area contributed by atoms with E-state index in [1.807, 2.05) is 0 Å². The van der Waals surface area contributed by atoms with Gasteiger partial charge >= 0.3 is 5.97 Å². The number of carbonyl (C=O) groups is 6. The van der Waals surface area contributed by atoms with Crippen molar-refractivity contribution < 1.29 is 39.0 Å². The summed E-state index contributed by atoms with van der Waals surface area (Å²) in [6.07, 6.45) is -1.71. The minimum Gasteiger partial charge on any atom is -0.480 e. The molecule has 0 bridgehead atoms. The van der Waals surface area contributed by atoms with E-state index < -0.39 is 71.7 Å². The van der Waals surface area contributed by atoms with E-state index in [-0.39, 0.29) is 25.7 Å². The maximum Gasteiger partial charge on any atom is 0.326 e. The molecule has 0 heterocycles. The Labute approximate surface area is 197 Å². The third-order valence-corrected chi connectivity index (χ3v) is 5.19. The zero-order valence-electron chi connectivity index (χ0n) is 19.6. The van der Waals surface area contributed by atoms with Gasteiger partial charge in [-0.15, -0.1) is 0 Å². The predicted molar refractivity (Wildman–Crippen MR) is 119 cm³/mol. The molecule has 0 radical (unpaired) electrons. The van der Waals surface area contributed by atoms with E-state index in [0.717, 1.165) is 0 Å². The highest BCUT2D eigenvalue weighted by Crippen LogP contribution is 2.10. The first-order valence-corrected chi connectivity index (χ1v) is 10.8. The van der Waals surface area contributed by atoms with Crippen molar-refractivity contribution in [3.05, 3.63) is 0 Å². The van der Waals surface area contributed by atoms with Crippen LogP contribution in [0.15, 0.2) is 0 Å². The van der Waals surface area contributed by atoms with E-state index in [9.17, 15) is 39.0 Å². The molecule has 6 unspecified atom stereocenters. The Balaban J connectivity index is 5.46. The van der Waals surface area contributed by atoms with Gasteiger partial charge in [-0.25, -0.2) is 4.79 Å². The quantitative estimate of drug-likeness (QED) is 0.109. The van der Waals surface area contributed by atoms with Crippen molar-refractivity contribution in [3.8, 4) is 0 Å². The number of hydrogen-bond acceptors (Lipinski definition) is 8. The molecule has 6 atom stereocenters. The van der Waals surface area contributed by atoms with E-state index in [1.165, 1.54) is 6.92 Å². The topological polar surface area (TPSA) is 257 Å². The van der Waals surface area contributed by atoms with Crippen LogP contribution in [0.2, 0.25) is 0 Å². The van der Waals surface area contributed by atoms with Crippen LogP contribution in [0, 0.1) is 5.92 Å². The van der Waals surface area contributed by atoms with Gasteiger partial charge in [0.2, 0.25) is 29.5 Å². The van der Waals surface area contributed by atoms with Crippen LogP contribution in [0.3, 0.4) is 0 Å². The summed E-state index contributed by atoms with van der Waals surface area (Å²) in [5.41, 5.74) is 15.7. The van der Waals surface area contributed by atoms with Gasteiger partial charge in [0.05, 0.1) is 12.1 Å². The summed E-state index contributed by atoms with van der Waals surface area (Å²) in [4.78, 5) is 71.1. The number of aliphatic hydroxyl groups excluding tert-OH is 1. The van der Waals surface area contributed by atoms with Crippen molar-refractivity contribution in [2.24, 2.45) is 23.1 Å². The third-order valence-electron chi connectivity index (χ3n) is 5.19. The summed E-state index contributed by atoms with van der Waals surface area (Å²) >= 11 is 0. The Kier molecular flexibility index (Phi) is 13.4. The molecule has 0 rings (SSSR count). The van der Waals surface area contributed by atoms with Gasteiger partial charge in [0, 0.05) is 12.8 Å². The third kappa shape index (κ3) is 11.0. The molecule has 5 amide bonds. The number of carboxylic acids is 1. The number of carbonyl (C=O) groups excluding carboxylic acids is 5. The number of hydrogen-bond donors (Lipinski definition) is 8. The lowest BCUT2D eigenvalue weighted by molar-refractivity contribution is -0.143. The van der Waals surface area contributed by atoms with Gasteiger partial charge < -0.3 is 43.4 Å². The van der Waals surface area contributed by atoms with Crippen LogP contribution in [0.4, 0.5) is 0 Å². The molecule has 0 spiro atoms. The van der Waals surface area contributed by atoms with Crippen LogP contribution in [-0.4, -0.2) is 76.0 Å². The average Bonchev–Trinajstić information content (AvgIpc) is 2.74.